The van der Waals surface area contributed by atoms with Gasteiger partial charge < -0.3 is 15.1 Å². The second kappa shape index (κ2) is 15.0. The maximum atomic E-state index is 12.3. The topological polar surface area (TPSA) is 77.8 Å². The van der Waals surface area contributed by atoms with Crippen molar-refractivity contribution in [1.82, 2.24) is 4.90 Å². The molecule has 0 radical (unpaired) electrons. The number of carboxylic acids is 1. The molecule has 1 fully saturated rings. The van der Waals surface area contributed by atoms with Crippen molar-refractivity contribution >= 4 is 11.9 Å². The van der Waals surface area contributed by atoms with Crippen LogP contribution in [0, 0.1) is 5.92 Å². The van der Waals surface area contributed by atoms with E-state index >= 15 is 0 Å². The number of carbonyl (C=O) groups excluding carboxylic acids is 1. The van der Waals surface area contributed by atoms with Crippen LogP contribution < -0.4 is 0 Å². The fourth-order valence-electron chi connectivity index (χ4n) is 4.77. The van der Waals surface area contributed by atoms with Gasteiger partial charge in [0.15, 0.2) is 0 Å². The molecule has 0 bridgehead atoms. The minimum atomic E-state index is -0.736. The molecule has 1 aliphatic rings. The van der Waals surface area contributed by atoms with Crippen LogP contribution in [0.3, 0.4) is 0 Å². The maximum Gasteiger partial charge on any atom is 0.303 e. The van der Waals surface area contributed by atoms with Gasteiger partial charge in [-0.15, -0.1) is 0 Å². The highest BCUT2D eigenvalue weighted by molar-refractivity contribution is 5.78. The second-order valence-electron chi connectivity index (χ2n) is 9.54. The molecule has 3 atom stereocenters. The number of aliphatic hydroxyl groups is 1. The lowest BCUT2D eigenvalue weighted by Crippen LogP contribution is -2.35. The summed E-state index contributed by atoms with van der Waals surface area (Å²) in [6.45, 7) is 2.92. The van der Waals surface area contributed by atoms with E-state index in [-0.39, 0.29) is 24.5 Å². The Labute approximate surface area is 194 Å². The molecule has 5 heteroatoms. The van der Waals surface area contributed by atoms with Gasteiger partial charge in [0.25, 0.3) is 0 Å². The highest BCUT2D eigenvalue weighted by Crippen LogP contribution is 2.26. The monoisotopic (exact) mass is 445 g/mol. The summed E-state index contributed by atoms with van der Waals surface area (Å²) in [6, 6.07) is 10.9. The third kappa shape index (κ3) is 10.2. The van der Waals surface area contributed by atoms with Gasteiger partial charge in [-0.3, -0.25) is 9.59 Å². The largest absolute Gasteiger partial charge is 0.481 e. The molecular weight excluding hydrogens is 402 g/mol. The number of rotatable bonds is 17. The van der Waals surface area contributed by atoms with Gasteiger partial charge in [-0.2, -0.15) is 0 Å². The van der Waals surface area contributed by atoms with E-state index in [2.05, 4.69) is 37.3 Å². The van der Waals surface area contributed by atoms with Gasteiger partial charge in [-0.05, 0) is 62.8 Å². The van der Waals surface area contributed by atoms with E-state index in [0.29, 0.717) is 18.8 Å². The molecule has 5 nitrogen and oxygen atoms in total. The van der Waals surface area contributed by atoms with Crippen LogP contribution in [0.15, 0.2) is 30.3 Å². The number of carbonyl (C=O) groups is 2. The normalized spacial score (nSPS) is 18.1. The Balaban J connectivity index is 1.57. The van der Waals surface area contributed by atoms with Crippen molar-refractivity contribution in [2.75, 3.05) is 6.54 Å². The first-order valence-corrected chi connectivity index (χ1v) is 12.7. The molecule has 1 aromatic carbocycles. The smallest absolute Gasteiger partial charge is 0.303 e. The van der Waals surface area contributed by atoms with Gasteiger partial charge in [0, 0.05) is 25.4 Å². The Bertz CT molecular complexity index is 663. The zero-order valence-corrected chi connectivity index (χ0v) is 19.9. The van der Waals surface area contributed by atoms with Crippen molar-refractivity contribution in [2.45, 2.75) is 109 Å². The Hall–Kier alpha value is -1.88. The number of amides is 1. The van der Waals surface area contributed by atoms with Crippen LogP contribution in [0.4, 0.5) is 0 Å². The zero-order chi connectivity index (χ0) is 23.2. The van der Waals surface area contributed by atoms with Crippen molar-refractivity contribution in [1.29, 1.82) is 0 Å². The predicted octanol–water partition coefficient (Wildman–Crippen LogP) is 5.59. The Morgan fingerprint density at radius 3 is 2.50 bits per heavy atom. The minimum Gasteiger partial charge on any atom is -0.481 e. The van der Waals surface area contributed by atoms with Crippen LogP contribution in [-0.2, 0) is 16.0 Å². The average molecular weight is 446 g/mol. The molecule has 0 aromatic heterocycles. The van der Waals surface area contributed by atoms with Gasteiger partial charge >= 0.3 is 5.97 Å². The van der Waals surface area contributed by atoms with Crippen molar-refractivity contribution in [3.63, 3.8) is 0 Å². The number of unbranched alkanes of at least 4 members (excludes halogenated alkanes) is 5. The maximum absolute atomic E-state index is 12.3. The molecule has 1 amide bonds. The van der Waals surface area contributed by atoms with E-state index in [1.165, 1.54) is 18.4 Å². The summed E-state index contributed by atoms with van der Waals surface area (Å²) in [5.74, 6) is -0.201. The predicted molar refractivity (Wildman–Crippen MR) is 128 cm³/mol. The van der Waals surface area contributed by atoms with Gasteiger partial charge in [0.05, 0.1) is 6.10 Å². The Morgan fingerprint density at radius 2 is 1.75 bits per heavy atom. The molecule has 0 spiro atoms. The summed E-state index contributed by atoms with van der Waals surface area (Å²) in [7, 11) is 0. The quantitative estimate of drug-likeness (QED) is 0.306. The number of hydrogen-bond donors (Lipinski definition) is 2. The molecule has 1 aromatic rings. The fourth-order valence-corrected chi connectivity index (χ4v) is 4.77. The number of carboxylic acid groups (broad SMARTS) is 1. The average Bonchev–Trinajstić information content (AvgIpc) is 3.13. The number of hydrogen-bond acceptors (Lipinski definition) is 3. The van der Waals surface area contributed by atoms with Crippen LogP contribution >= 0.6 is 0 Å². The standard InChI is InChI=1S/C27H43NO4/c1-22(12-6-4-7-13-23-14-8-5-9-15-23)25(29)19-17-24-18-20-26(30)28(24)21-11-3-2-10-16-27(31)32/h5,8-9,14-15,22,24-25,29H,2-4,6-7,10-13,16-21H2,1H3,(H,31,32)/t22-,24?,25-/m1/s1. The van der Waals surface area contributed by atoms with Crippen LogP contribution in [-0.4, -0.2) is 45.7 Å². The van der Waals surface area contributed by atoms with Crippen LogP contribution in [0.1, 0.15) is 96.0 Å². The van der Waals surface area contributed by atoms with E-state index in [0.717, 1.165) is 64.3 Å². The molecule has 0 aliphatic carbocycles. The van der Waals surface area contributed by atoms with Crippen LogP contribution in [0.2, 0.25) is 0 Å². The van der Waals surface area contributed by atoms with Crippen molar-refractivity contribution < 1.29 is 19.8 Å². The summed E-state index contributed by atoms with van der Waals surface area (Å²) in [4.78, 5) is 24.8. The third-order valence-electron chi connectivity index (χ3n) is 6.91. The number of aliphatic carboxylic acids is 1. The Kier molecular flexibility index (Phi) is 12.4. The molecule has 32 heavy (non-hydrogen) atoms. The Morgan fingerprint density at radius 1 is 1.03 bits per heavy atom. The molecular formula is C27H43NO4. The first-order valence-electron chi connectivity index (χ1n) is 12.7. The van der Waals surface area contributed by atoms with Crippen LogP contribution in [0.25, 0.3) is 0 Å². The van der Waals surface area contributed by atoms with Gasteiger partial charge in [-0.25, -0.2) is 0 Å². The summed E-state index contributed by atoms with van der Waals surface area (Å²) in [5, 5.41) is 19.3. The highest BCUT2D eigenvalue weighted by atomic mass is 16.4. The van der Waals surface area contributed by atoms with Crippen molar-refractivity contribution in [3.05, 3.63) is 35.9 Å². The SMILES string of the molecule is C[C@H](CCCCCc1ccccc1)[C@H](O)CCC1CCC(=O)N1CCCCCCC(=O)O. The first-order chi connectivity index (χ1) is 15.5. The van der Waals surface area contributed by atoms with E-state index in [4.69, 9.17) is 5.11 Å². The third-order valence-corrected chi connectivity index (χ3v) is 6.91. The second-order valence-corrected chi connectivity index (χ2v) is 9.54. The van der Waals surface area contributed by atoms with Gasteiger partial charge in [0.2, 0.25) is 5.91 Å². The van der Waals surface area contributed by atoms with Gasteiger partial charge in [-0.1, -0.05) is 62.9 Å². The zero-order valence-electron chi connectivity index (χ0n) is 19.9. The lowest BCUT2D eigenvalue weighted by molar-refractivity contribution is -0.137. The van der Waals surface area contributed by atoms with Crippen molar-refractivity contribution in [3.8, 4) is 0 Å². The van der Waals surface area contributed by atoms with E-state index in [1.807, 2.05) is 4.90 Å². The molecule has 0 saturated carbocycles. The lowest BCUT2D eigenvalue weighted by Gasteiger charge is -2.27. The van der Waals surface area contributed by atoms with E-state index < -0.39 is 5.97 Å². The number of likely N-dealkylation sites (tertiary alicyclic amines) is 1. The fraction of sp³-hybridized carbons (Fsp3) is 0.704. The molecule has 1 unspecified atom stereocenters. The number of nitrogens with zero attached hydrogens (tertiary/aromatic N) is 1. The molecule has 2 N–H and O–H groups in total. The number of aliphatic hydroxyl groups excluding tert-OH is 1. The molecule has 1 aliphatic heterocycles. The summed E-state index contributed by atoms with van der Waals surface area (Å²) in [5.41, 5.74) is 1.40. The molecule has 1 saturated heterocycles. The first kappa shape index (κ1) is 26.4. The summed E-state index contributed by atoms with van der Waals surface area (Å²) >= 11 is 0. The van der Waals surface area contributed by atoms with Crippen LogP contribution in [0.5, 0.6) is 0 Å². The molecule has 1 heterocycles. The molecule has 2 rings (SSSR count). The lowest BCUT2D eigenvalue weighted by atomic mass is 9.92. The highest BCUT2D eigenvalue weighted by Gasteiger charge is 2.30. The van der Waals surface area contributed by atoms with E-state index in [1.54, 1.807) is 0 Å². The molecule has 180 valence electrons. The van der Waals surface area contributed by atoms with Gasteiger partial charge in [0.1, 0.15) is 0 Å². The van der Waals surface area contributed by atoms with E-state index in [9.17, 15) is 14.7 Å². The summed E-state index contributed by atoms with van der Waals surface area (Å²) < 4.78 is 0. The van der Waals surface area contributed by atoms with Crippen molar-refractivity contribution in [2.24, 2.45) is 5.92 Å². The minimum absolute atomic E-state index is 0.231. The number of aryl methyl sites for hydroxylation is 1. The number of benzene rings is 1. The summed E-state index contributed by atoms with van der Waals surface area (Å²) in [6.07, 6.45) is 12.3.